The van der Waals surface area contributed by atoms with Crippen molar-refractivity contribution in [2.24, 2.45) is 5.92 Å². The van der Waals surface area contributed by atoms with Crippen molar-refractivity contribution in [1.82, 2.24) is 0 Å². The maximum Gasteiger partial charge on any atom is -0.0122 e. The molecule has 0 amide bonds. The van der Waals surface area contributed by atoms with E-state index in [0.29, 0.717) is 0 Å². The lowest BCUT2D eigenvalue weighted by Crippen LogP contribution is -2.06. The summed E-state index contributed by atoms with van der Waals surface area (Å²) in [5.41, 5.74) is 4.89. The second-order valence-electron chi connectivity index (χ2n) is 3.77. The Bertz CT molecular complexity index is 229. The Kier molecular flexibility index (Phi) is 2.48. The molecule has 0 unspecified atom stereocenters. The van der Waals surface area contributed by atoms with Gasteiger partial charge >= 0.3 is 0 Å². The predicted octanol–water partition coefficient (Wildman–Crippen LogP) is 3.61. The third-order valence-electron chi connectivity index (χ3n) is 2.89. The molecule has 2 aliphatic carbocycles. The van der Waals surface area contributed by atoms with Gasteiger partial charge in [-0.3, -0.25) is 0 Å². The van der Waals surface area contributed by atoms with Gasteiger partial charge in [0.25, 0.3) is 0 Å². The van der Waals surface area contributed by atoms with E-state index in [4.69, 9.17) is 0 Å². The Morgan fingerprint density at radius 1 is 1.17 bits per heavy atom. The Balaban J connectivity index is 2.00. The summed E-state index contributed by atoms with van der Waals surface area (Å²) >= 11 is 0. The monoisotopic (exact) mass is 160 g/mol. The molecule has 0 heteroatoms. The molecule has 0 aromatic heterocycles. The van der Waals surface area contributed by atoms with Crippen LogP contribution >= 0.6 is 0 Å². The van der Waals surface area contributed by atoms with E-state index >= 15 is 0 Å². The van der Waals surface area contributed by atoms with Crippen molar-refractivity contribution in [3.8, 4) is 0 Å². The van der Waals surface area contributed by atoms with Crippen LogP contribution in [0.3, 0.4) is 0 Å². The Hall–Kier alpha value is -0.740. The molecule has 0 bridgehead atoms. The fourth-order valence-corrected chi connectivity index (χ4v) is 2.14. The Morgan fingerprint density at radius 3 is 2.67 bits per heavy atom. The van der Waals surface area contributed by atoms with Gasteiger partial charge in [0.1, 0.15) is 0 Å². The van der Waals surface area contributed by atoms with Crippen molar-refractivity contribution >= 4 is 0 Å². The maximum atomic E-state index is 3.18. The molecule has 0 N–H and O–H groups in total. The maximum absolute atomic E-state index is 3.18. The van der Waals surface area contributed by atoms with Crippen molar-refractivity contribution in [3.63, 3.8) is 0 Å². The molecular weight excluding hydrogens is 144 g/mol. The summed E-state index contributed by atoms with van der Waals surface area (Å²) in [5, 5.41) is 0. The van der Waals surface area contributed by atoms with E-state index in [-0.39, 0.29) is 0 Å². The zero-order valence-corrected chi connectivity index (χ0v) is 7.55. The van der Waals surface area contributed by atoms with Crippen LogP contribution in [0, 0.1) is 5.92 Å². The van der Waals surface area contributed by atoms with Crippen LogP contribution in [-0.4, -0.2) is 0 Å². The van der Waals surface area contributed by atoms with Gasteiger partial charge < -0.3 is 0 Å². The van der Waals surface area contributed by atoms with Gasteiger partial charge in [0.05, 0.1) is 0 Å². The zero-order chi connectivity index (χ0) is 8.23. The van der Waals surface area contributed by atoms with Gasteiger partial charge in [-0.25, -0.2) is 0 Å². The van der Waals surface area contributed by atoms with E-state index in [2.05, 4.69) is 24.0 Å². The van der Waals surface area contributed by atoms with Gasteiger partial charge in [0.2, 0.25) is 0 Å². The third kappa shape index (κ3) is 1.70. The summed E-state index contributed by atoms with van der Waals surface area (Å²) in [7, 11) is 0. The van der Waals surface area contributed by atoms with Crippen LogP contribution in [0.15, 0.2) is 29.5 Å². The van der Waals surface area contributed by atoms with E-state index in [9.17, 15) is 0 Å². The molecule has 12 heavy (non-hydrogen) atoms. The van der Waals surface area contributed by atoms with Gasteiger partial charge in [0.15, 0.2) is 0 Å². The molecule has 0 fully saturated rings. The minimum atomic E-state index is 0.826. The highest BCUT2D eigenvalue weighted by Gasteiger charge is 2.14. The van der Waals surface area contributed by atoms with Crippen molar-refractivity contribution in [3.05, 3.63) is 29.5 Å². The van der Waals surface area contributed by atoms with Crippen LogP contribution in [0.2, 0.25) is 0 Å². The van der Waals surface area contributed by atoms with Crippen LogP contribution in [0.4, 0.5) is 0 Å². The first-order valence-electron chi connectivity index (χ1n) is 5.05. The molecule has 0 aliphatic heterocycles. The molecule has 0 aromatic carbocycles. The highest BCUT2D eigenvalue weighted by atomic mass is 14.2. The van der Waals surface area contributed by atoms with E-state index in [1.807, 2.05) is 0 Å². The quantitative estimate of drug-likeness (QED) is 0.406. The molecular formula is C12H16. The molecule has 0 aromatic rings. The van der Waals surface area contributed by atoms with Gasteiger partial charge in [-0.1, -0.05) is 11.6 Å². The van der Waals surface area contributed by atoms with Crippen molar-refractivity contribution in [2.45, 2.75) is 38.5 Å². The molecule has 64 valence electrons. The van der Waals surface area contributed by atoms with Crippen LogP contribution in [0.25, 0.3) is 0 Å². The molecule has 0 saturated carbocycles. The molecule has 0 heterocycles. The average molecular weight is 160 g/mol. The summed E-state index contributed by atoms with van der Waals surface area (Å²) in [6, 6.07) is 0. The van der Waals surface area contributed by atoms with Gasteiger partial charge in [-0.15, -0.1) is 5.73 Å². The topological polar surface area (TPSA) is 0 Å². The second-order valence-corrected chi connectivity index (χ2v) is 3.77. The fourth-order valence-electron chi connectivity index (χ4n) is 2.14. The zero-order valence-electron chi connectivity index (χ0n) is 7.55. The molecule has 2 rings (SSSR count). The van der Waals surface area contributed by atoms with Crippen LogP contribution in [-0.2, 0) is 0 Å². The molecule has 2 aliphatic rings. The van der Waals surface area contributed by atoms with E-state index in [0.717, 1.165) is 5.92 Å². The first kappa shape index (κ1) is 7.89. The largest absolute Gasteiger partial charge is 0.130 e. The number of allylic oxidation sites excluding steroid dienone is 3. The number of rotatable bonds is 1. The van der Waals surface area contributed by atoms with Crippen molar-refractivity contribution in [2.75, 3.05) is 0 Å². The van der Waals surface area contributed by atoms with Crippen LogP contribution in [0.1, 0.15) is 38.5 Å². The third-order valence-corrected chi connectivity index (χ3v) is 2.89. The minimum absolute atomic E-state index is 0.826. The summed E-state index contributed by atoms with van der Waals surface area (Å²) in [5.74, 6) is 0.826. The Morgan fingerprint density at radius 2 is 2.00 bits per heavy atom. The lowest BCUT2D eigenvalue weighted by molar-refractivity contribution is 0.555. The first-order chi connectivity index (χ1) is 5.97. The predicted molar refractivity (Wildman–Crippen MR) is 51.9 cm³/mol. The SMILES string of the molecule is C1=CCC(C2=CCCCC2)CC=1. The summed E-state index contributed by atoms with van der Waals surface area (Å²) in [4.78, 5) is 0. The highest BCUT2D eigenvalue weighted by Crippen LogP contribution is 2.30. The van der Waals surface area contributed by atoms with Crippen molar-refractivity contribution in [1.29, 1.82) is 0 Å². The van der Waals surface area contributed by atoms with E-state index in [1.165, 1.54) is 38.5 Å². The first-order valence-corrected chi connectivity index (χ1v) is 5.05. The molecule has 0 radical (unpaired) electrons. The van der Waals surface area contributed by atoms with Gasteiger partial charge in [0, 0.05) is 0 Å². The lowest BCUT2D eigenvalue weighted by Gasteiger charge is -2.21. The van der Waals surface area contributed by atoms with Gasteiger partial charge in [-0.2, -0.15) is 0 Å². The normalized spacial score (nSPS) is 24.2. The van der Waals surface area contributed by atoms with Crippen LogP contribution in [0.5, 0.6) is 0 Å². The molecule has 0 spiro atoms. The minimum Gasteiger partial charge on any atom is -0.130 e. The van der Waals surface area contributed by atoms with Crippen molar-refractivity contribution < 1.29 is 0 Å². The average Bonchev–Trinajstić information content (AvgIpc) is 2.21. The van der Waals surface area contributed by atoms with Gasteiger partial charge in [-0.05, 0) is 56.6 Å². The smallest absolute Gasteiger partial charge is 0.0122 e. The highest BCUT2D eigenvalue weighted by molar-refractivity contribution is 5.14. The fraction of sp³-hybridized carbons (Fsp3) is 0.583. The van der Waals surface area contributed by atoms with E-state index in [1.54, 1.807) is 5.57 Å². The summed E-state index contributed by atoms with van der Waals surface area (Å²) in [6.45, 7) is 0. The van der Waals surface area contributed by atoms with Crippen LogP contribution < -0.4 is 0 Å². The Labute approximate surface area is 74.7 Å². The molecule has 0 saturated heterocycles. The lowest BCUT2D eigenvalue weighted by atomic mass is 9.84. The summed E-state index contributed by atoms with van der Waals surface area (Å²) in [6.07, 6.45) is 14.8. The van der Waals surface area contributed by atoms with E-state index < -0.39 is 0 Å². The molecule has 0 nitrogen and oxygen atoms in total. The standard InChI is InChI=1S/C12H16/c1-3-7-11(8-4-1)12-9-5-2-6-10-12/h5-7,12H,1,3-4,8-10H2. The summed E-state index contributed by atoms with van der Waals surface area (Å²) < 4.78 is 0. The molecule has 0 atom stereocenters. The second kappa shape index (κ2) is 3.78. The number of hydrogen-bond acceptors (Lipinski definition) is 0. The number of hydrogen-bond donors (Lipinski definition) is 0.